The van der Waals surface area contributed by atoms with Gasteiger partial charge in [0.15, 0.2) is 17.4 Å². The molecule has 0 fully saturated rings. The van der Waals surface area contributed by atoms with Gasteiger partial charge in [0.2, 0.25) is 5.95 Å². The van der Waals surface area contributed by atoms with Gasteiger partial charge in [0.05, 0.1) is 11.9 Å². The van der Waals surface area contributed by atoms with Crippen molar-refractivity contribution in [2.75, 3.05) is 29.1 Å². The molecule has 3 N–H and O–H groups in total. The number of hydrogen-bond acceptors (Lipinski definition) is 7. The van der Waals surface area contributed by atoms with Crippen LogP contribution in [0.25, 0.3) is 0 Å². The van der Waals surface area contributed by atoms with Crippen LogP contribution in [0.1, 0.15) is 5.56 Å². The maximum Gasteiger partial charge on any atom is 0.229 e. The second-order valence-electron chi connectivity index (χ2n) is 6.67. The molecular weight excluding hydrogens is 385 g/mol. The van der Waals surface area contributed by atoms with E-state index in [4.69, 9.17) is 4.74 Å². The molecule has 0 atom stereocenters. The summed E-state index contributed by atoms with van der Waals surface area (Å²) in [6.45, 7) is 4.83. The van der Waals surface area contributed by atoms with Crippen molar-refractivity contribution in [3.05, 3.63) is 72.7 Å². The summed E-state index contributed by atoms with van der Waals surface area (Å²) >= 11 is 0. The number of ketones is 1. The van der Waals surface area contributed by atoms with Crippen molar-refractivity contribution in [1.82, 2.24) is 9.97 Å². The summed E-state index contributed by atoms with van der Waals surface area (Å²) in [4.78, 5) is 19.8. The van der Waals surface area contributed by atoms with E-state index >= 15 is 0 Å². The molecule has 0 spiro atoms. The molecule has 1 aliphatic heterocycles. The summed E-state index contributed by atoms with van der Waals surface area (Å²) in [6, 6.07) is 12.7. The normalized spacial score (nSPS) is 12.2. The first-order chi connectivity index (χ1) is 14.6. The highest BCUT2D eigenvalue weighted by molar-refractivity contribution is 5.91. The highest BCUT2D eigenvalue weighted by Gasteiger charge is 2.12. The number of aromatic nitrogens is 2. The first kappa shape index (κ1) is 19.4. The fraction of sp³-hybridized carbons (Fsp3) is 0.136. The van der Waals surface area contributed by atoms with Crippen LogP contribution in [-0.4, -0.2) is 28.9 Å². The molecule has 2 heterocycles. The largest absolute Gasteiger partial charge is 0.490 e. The van der Waals surface area contributed by atoms with Crippen LogP contribution in [0.3, 0.4) is 0 Å². The maximum absolute atomic E-state index is 14.3. The van der Waals surface area contributed by atoms with Crippen molar-refractivity contribution in [1.29, 1.82) is 0 Å². The van der Waals surface area contributed by atoms with Crippen LogP contribution in [0.15, 0.2) is 61.3 Å². The zero-order valence-electron chi connectivity index (χ0n) is 16.1. The smallest absolute Gasteiger partial charge is 0.229 e. The van der Waals surface area contributed by atoms with E-state index in [0.717, 1.165) is 35.4 Å². The van der Waals surface area contributed by atoms with Crippen molar-refractivity contribution in [2.45, 2.75) is 6.42 Å². The summed E-state index contributed by atoms with van der Waals surface area (Å²) in [6.07, 6.45) is 2.61. The van der Waals surface area contributed by atoms with E-state index in [1.807, 2.05) is 24.3 Å². The number of fused-ring (bicyclic) bond motifs is 1. The van der Waals surface area contributed by atoms with Gasteiger partial charge in [-0.1, -0.05) is 18.7 Å². The number of nitrogens with zero attached hydrogens (tertiary/aromatic N) is 2. The van der Waals surface area contributed by atoms with Crippen LogP contribution in [0.4, 0.5) is 33.2 Å². The third-order valence-corrected chi connectivity index (χ3v) is 4.45. The lowest BCUT2D eigenvalue weighted by Crippen LogP contribution is -2.17. The summed E-state index contributed by atoms with van der Waals surface area (Å²) in [5.41, 5.74) is 3.02. The number of nitrogens with one attached hydrogen (secondary N) is 3. The average molecular weight is 405 g/mol. The summed E-state index contributed by atoms with van der Waals surface area (Å²) in [5.74, 6) is 0.377. The minimum Gasteiger partial charge on any atom is -0.490 e. The maximum atomic E-state index is 14.3. The van der Waals surface area contributed by atoms with Crippen molar-refractivity contribution in [3.8, 4) is 5.75 Å². The molecule has 30 heavy (non-hydrogen) atoms. The van der Waals surface area contributed by atoms with Gasteiger partial charge in [-0.2, -0.15) is 4.98 Å². The van der Waals surface area contributed by atoms with Gasteiger partial charge in [0.1, 0.15) is 12.4 Å². The molecule has 0 saturated heterocycles. The molecule has 0 saturated carbocycles. The van der Waals surface area contributed by atoms with Gasteiger partial charge in [-0.15, -0.1) is 0 Å². The Morgan fingerprint density at radius 3 is 2.97 bits per heavy atom. The van der Waals surface area contributed by atoms with E-state index < -0.39 is 5.82 Å². The number of halogens is 1. The third-order valence-electron chi connectivity index (χ3n) is 4.45. The van der Waals surface area contributed by atoms with Crippen molar-refractivity contribution >= 4 is 34.6 Å². The highest BCUT2D eigenvalue weighted by Crippen LogP contribution is 2.31. The van der Waals surface area contributed by atoms with Gasteiger partial charge in [-0.3, -0.25) is 4.79 Å². The molecule has 0 aliphatic carbocycles. The lowest BCUT2D eigenvalue weighted by atomic mass is 10.1. The monoisotopic (exact) mass is 405 g/mol. The molecule has 0 bridgehead atoms. The lowest BCUT2D eigenvalue weighted by Gasteiger charge is -2.19. The predicted molar refractivity (Wildman–Crippen MR) is 114 cm³/mol. The highest BCUT2D eigenvalue weighted by atomic mass is 19.1. The summed E-state index contributed by atoms with van der Waals surface area (Å²) in [7, 11) is 0. The molecule has 3 aromatic rings. The number of hydrogen-bond donors (Lipinski definition) is 3. The number of carbonyl (C=O) groups excluding carboxylic acids is 1. The zero-order valence-corrected chi connectivity index (χ0v) is 16.1. The number of anilines is 5. The molecule has 0 radical (unpaired) electrons. The van der Waals surface area contributed by atoms with Gasteiger partial charge in [-0.05, 0) is 42.0 Å². The number of carbonyl (C=O) groups is 1. The van der Waals surface area contributed by atoms with Crippen LogP contribution >= 0.6 is 0 Å². The Balaban J connectivity index is 1.52. The molecule has 4 rings (SSSR count). The minimum atomic E-state index is -0.589. The topological polar surface area (TPSA) is 88.2 Å². The minimum absolute atomic E-state index is 0.0270. The van der Waals surface area contributed by atoms with Gasteiger partial charge >= 0.3 is 0 Å². The van der Waals surface area contributed by atoms with Crippen LogP contribution in [0.5, 0.6) is 5.75 Å². The fourth-order valence-electron chi connectivity index (χ4n) is 3.03. The summed E-state index contributed by atoms with van der Waals surface area (Å²) in [5, 5.41) is 9.27. The Bertz CT molecular complexity index is 1100. The number of ether oxygens (including phenoxy) is 1. The number of benzene rings is 2. The Kier molecular flexibility index (Phi) is 5.56. The first-order valence-corrected chi connectivity index (χ1v) is 9.42. The average Bonchev–Trinajstić information content (AvgIpc) is 2.76. The molecule has 0 amide bonds. The fourth-order valence-corrected chi connectivity index (χ4v) is 3.03. The van der Waals surface area contributed by atoms with E-state index in [2.05, 4.69) is 32.5 Å². The Morgan fingerprint density at radius 2 is 2.10 bits per heavy atom. The molecule has 2 aromatic carbocycles. The van der Waals surface area contributed by atoms with Crippen LogP contribution in [-0.2, 0) is 11.2 Å². The molecule has 1 aromatic heterocycles. The zero-order chi connectivity index (χ0) is 20.9. The quantitative estimate of drug-likeness (QED) is 0.508. The van der Waals surface area contributed by atoms with Crippen molar-refractivity contribution in [3.63, 3.8) is 0 Å². The first-order valence-electron chi connectivity index (χ1n) is 9.42. The van der Waals surface area contributed by atoms with Crippen LogP contribution in [0.2, 0.25) is 0 Å². The molecule has 0 unspecified atom stereocenters. The standard InChI is InChI=1S/C22H20FN5O2/c1-2-17(29)11-14-4-3-5-15(10-14)26-21-18(23)13-25-22(28-21)27-16-6-7-20-19(12-16)24-8-9-30-20/h2-7,10,12-13,24H,1,8-9,11H2,(H2,25,26,27,28). The van der Waals surface area contributed by atoms with E-state index in [1.165, 1.54) is 6.08 Å². The van der Waals surface area contributed by atoms with E-state index in [-0.39, 0.29) is 24.0 Å². The van der Waals surface area contributed by atoms with Gasteiger partial charge in [0.25, 0.3) is 0 Å². The molecule has 152 valence electrons. The van der Waals surface area contributed by atoms with E-state index in [9.17, 15) is 9.18 Å². The van der Waals surface area contributed by atoms with Gasteiger partial charge in [-0.25, -0.2) is 9.37 Å². The Hall–Kier alpha value is -3.94. The SMILES string of the molecule is C=CC(=O)Cc1cccc(Nc2nc(Nc3ccc4c(c3)NCCO4)ncc2F)c1. The van der Waals surface area contributed by atoms with Gasteiger partial charge < -0.3 is 20.7 Å². The molecule has 8 heteroatoms. The number of allylic oxidation sites excluding steroid dienone is 1. The molecule has 7 nitrogen and oxygen atoms in total. The summed E-state index contributed by atoms with van der Waals surface area (Å²) < 4.78 is 19.8. The van der Waals surface area contributed by atoms with Gasteiger partial charge in [0, 0.05) is 24.3 Å². The Morgan fingerprint density at radius 1 is 1.23 bits per heavy atom. The Labute approximate surface area is 173 Å². The van der Waals surface area contributed by atoms with E-state index in [1.54, 1.807) is 18.2 Å². The van der Waals surface area contributed by atoms with Crippen molar-refractivity contribution < 1.29 is 13.9 Å². The van der Waals surface area contributed by atoms with Crippen molar-refractivity contribution in [2.24, 2.45) is 0 Å². The lowest BCUT2D eigenvalue weighted by molar-refractivity contribution is -0.114. The molecular formula is C22H20FN5O2. The number of rotatable bonds is 7. The van der Waals surface area contributed by atoms with Crippen LogP contribution in [0, 0.1) is 5.82 Å². The predicted octanol–water partition coefficient (Wildman–Crippen LogP) is 4.20. The second kappa shape index (κ2) is 8.60. The third kappa shape index (κ3) is 4.54. The van der Waals surface area contributed by atoms with E-state index in [0.29, 0.717) is 12.3 Å². The molecule has 1 aliphatic rings. The second-order valence-corrected chi connectivity index (χ2v) is 6.67. The van der Waals surface area contributed by atoms with Crippen LogP contribution < -0.4 is 20.7 Å².